The smallest absolute Gasteiger partial charge is 0.241 e. The zero-order chi connectivity index (χ0) is 14.2. The van der Waals surface area contributed by atoms with Gasteiger partial charge in [-0.3, -0.25) is 10.2 Å². The summed E-state index contributed by atoms with van der Waals surface area (Å²) in [5, 5.41) is 0. The van der Waals surface area contributed by atoms with Gasteiger partial charge in [-0.15, -0.1) is 0 Å². The van der Waals surface area contributed by atoms with Gasteiger partial charge in [-0.05, 0) is 38.0 Å². The fourth-order valence-electron chi connectivity index (χ4n) is 3.65. The minimum Gasteiger partial charge on any atom is -0.348 e. The highest BCUT2D eigenvalue weighted by atomic mass is 16.2. The number of aromatic nitrogens is 2. The third-order valence-corrected chi connectivity index (χ3v) is 5.13. The molecule has 6 heteroatoms. The van der Waals surface area contributed by atoms with Crippen LogP contribution in [-0.2, 0) is 4.79 Å². The van der Waals surface area contributed by atoms with Gasteiger partial charge in [-0.25, -0.2) is 10.4 Å². The summed E-state index contributed by atoms with van der Waals surface area (Å²) in [6.07, 6.45) is 9.26. The standard InChI is InChI=1S/C15H23N5O/c21-15(13-9-12(18-19-13)10-1-2-10)20-7-3-11(4-8-20)14-16-5-6-17-14/h5-6,10-13,18-19H,1-4,7-9H2,(H,16,17). The molecule has 1 amide bonds. The maximum absolute atomic E-state index is 12.6. The fraction of sp³-hybridized carbons (Fsp3) is 0.733. The molecule has 3 fully saturated rings. The molecule has 0 radical (unpaired) electrons. The molecule has 1 aromatic rings. The Morgan fingerprint density at radius 2 is 2.00 bits per heavy atom. The number of hydrogen-bond donors (Lipinski definition) is 3. The summed E-state index contributed by atoms with van der Waals surface area (Å²) >= 11 is 0. The Hall–Kier alpha value is -1.40. The van der Waals surface area contributed by atoms with Gasteiger partial charge in [0, 0.05) is 37.4 Å². The second-order valence-corrected chi connectivity index (χ2v) is 6.59. The Morgan fingerprint density at radius 1 is 1.19 bits per heavy atom. The molecule has 0 spiro atoms. The summed E-state index contributed by atoms with van der Waals surface area (Å²) in [6, 6.07) is 0.468. The average Bonchev–Trinajstić information content (AvgIpc) is 3.05. The first-order valence-electron chi connectivity index (χ1n) is 8.10. The molecule has 1 aromatic heterocycles. The van der Waals surface area contributed by atoms with Crippen molar-refractivity contribution in [2.24, 2.45) is 5.92 Å². The highest BCUT2D eigenvalue weighted by molar-refractivity contribution is 5.82. The number of hydrazine groups is 1. The van der Waals surface area contributed by atoms with Crippen molar-refractivity contribution in [3.63, 3.8) is 0 Å². The number of rotatable bonds is 3. The monoisotopic (exact) mass is 289 g/mol. The lowest BCUT2D eigenvalue weighted by atomic mass is 9.95. The van der Waals surface area contributed by atoms with Crippen LogP contribution in [0.25, 0.3) is 0 Å². The Kier molecular flexibility index (Phi) is 3.43. The lowest BCUT2D eigenvalue weighted by Gasteiger charge is -2.32. The van der Waals surface area contributed by atoms with E-state index in [1.807, 2.05) is 11.1 Å². The normalized spacial score (nSPS) is 30.8. The molecule has 3 aliphatic rings. The SMILES string of the molecule is O=C(C1CC(C2CC2)NN1)N1CCC(c2ncc[nH]2)CC1. The number of H-pyrrole nitrogens is 1. The fourth-order valence-corrected chi connectivity index (χ4v) is 3.65. The first-order valence-corrected chi connectivity index (χ1v) is 8.10. The van der Waals surface area contributed by atoms with Gasteiger partial charge in [0.15, 0.2) is 0 Å². The third kappa shape index (κ3) is 2.70. The van der Waals surface area contributed by atoms with E-state index in [0.717, 1.165) is 44.1 Å². The Morgan fingerprint density at radius 3 is 2.67 bits per heavy atom. The number of carbonyl (C=O) groups is 1. The van der Waals surface area contributed by atoms with Gasteiger partial charge >= 0.3 is 0 Å². The molecule has 3 heterocycles. The van der Waals surface area contributed by atoms with Crippen molar-refractivity contribution in [2.75, 3.05) is 13.1 Å². The van der Waals surface area contributed by atoms with Crippen LogP contribution in [0.1, 0.15) is 43.8 Å². The lowest BCUT2D eigenvalue weighted by Crippen LogP contribution is -2.48. The Balaban J connectivity index is 1.30. The molecule has 0 bridgehead atoms. The molecule has 4 rings (SSSR count). The van der Waals surface area contributed by atoms with E-state index in [4.69, 9.17) is 0 Å². The Bertz CT molecular complexity index is 490. The maximum Gasteiger partial charge on any atom is 0.241 e. The second kappa shape index (κ2) is 5.42. The van der Waals surface area contributed by atoms with Crippen LogP contribution in [0.2, 0.25) is 0 Å². The predicted octanol–water partition coefficient (Wildman–Crippen LogP) is 0.761. The number of hydrogen-bond acceptors (Lipinski definition) is 4. The topological polar surface area (TPSA) is 73.1 Å². The van der Waals surface area contributed by atoms with Crippen LogP contribution in [0, 0.1) is 5.92 Å². The van der Waals surface area contributed by atoms with Crippen molar-refractivity contribution in [3.8, 4) is 0 Å². The van der Waals surface area contributed by atoms with E-state index < -0.39 is 0 Å². The van der Waals surface area contributed by atoms with Gasteiger partial charge < -0.3 is 9.88 Å². The first kappa shape index (κ1) is 13.3. The quantitative estimate of drug-likeness (QED) is 0.768. The zero-order valence-electron chi connectivity index (χ0n) is 12.2. The number of nitrogens with one attached hydrogen (secondary N) is 3. The van der Waals surface area contributed by atoms with E-state index in [-0.39, 0.29) is 11.9 Å². The van der Waals surface area contributed by atoms with Crippen LogP contribution in [-0.4, -0.2) is 45.9 Å². The van der Waals surface area contributed by atoms with Gasteiger partial charge in [0.1, 0.15) is 11.9 Å². The van der Waals surface area contributed by atoms with Crippen molar-refractivity contribution in [2.45, 2.75) is 50.1 Å². The maximum atomic E-state index is 12.6. The van der Waals surface area contributed by atoms with Crippen LogP contribution in [0.5, 0.6) is 0 Å². The summed E-state index contributed by atoms with van der Waals surface area (Å²) in [6.45, 7) is 1.69. The van der Waals surface area contributed by atoms with E-state index in [9.17, 15) is 4.79 Å². The predicted molar refractivity (Wildman–Crippen MR) is 78.3 cm³/mol. The van der Waals surface area contributed by atoms with E-state index in [2.05, 4.69) is 20.8 Å². The van der Waals surface area contributed by atoms with Crippen molar-refractivity contribution in [1.82, 2.24) is 25.7 Å². The van der Waals surface area contributed by atoms with Crippen molar-refractivity contribution in [3.05, 3.63) is 18.2 Å². The molecule has 21 heavy (non-hydrogen) atoms. The van der Waals surface area contributed by atoms with Crippen LogP contribution in [0.3, 0.4) is 0 Å². The van der Waals surface area contributed by atoms with Gasteiger partial charge in [-0.1, -0.05) is 0 Å². The number of piperidine rings is 1. The molecule has 6 nitrogen and oxygen atoms in total. The summed E-state index contributed by atoms with van der Waals surface area (Å²) in [4.78, 5) is 22.1. The van der Waals surface area contributed by atoms with E-state index in [1.165, 1.54) is 12.8 Å². The molecule has 2 aliphatic heterocycles. The molecule has 2 unspecified atom stereocenters. The summed E-state index contributed by atoms with van der Waals surface area (Å²) in [5.41, 5.74) is 6.51. The third-order valence-electron chi connectivity index (χ3n) is 5.13. The van der Waals surface area contributed by atoms with E-state index >= 15 is 0 Å². The van der Waals surface area contributed by atoms with Gasteiger partial charge in [0.2, 0.25) is 5.91 Å². The van der Waals surface area contributed by atoms with E-state index in [1.54, 1.807) is 6.20 Å². The molecule has 0 aromatic carbocycles. The van der Waals surface area contributed by atoms with Crippen molar-refractivity contribution < 1.29 is 4.79 Å². The number of amides is 1. The van der Waals surface area contributed by atoms with Crippen LogP contribution in [0.4, 0.5) is 0 Å². The number of likely N-dealkylation sites (tertiary alicyclic amines) is 1. The van der Waals surface area contributed by atoms with Crippen LogP contribution < -0.4 is 10.9 Å². The molecule has 1 aliphatic carbocycles. The zero-order valence-corrected chi connectivity index (χ0v) is 12.2. The van der Waals surface area contributed by atoms with Crippen LogP contribution >= 0.6 is 0 Å². The summed E-state index contributed by atoms with van der Waals surface area (Å²) in [7, 11) is 0. The van der Waals surface area contributed by atoms with Crippen molar-refractivity contribution >= 4 is 5.91 Å². The number of carbonyl (C=O) groups excluding carboxylic acids is 1. The molecule has 1 saturated carbocycles. The molecule has 2 saturated heterocycles. The minimum atomic E-state index is -0.0317. The molecular weight excluding hydrogens is 266 g/mol. The minimum absolute atomic E-state index is 0.0317. The van der Waals surface area contributed by atoms with Gasteiger partial charge in [0.05, 0.1) is 0 Å². The highest BCUT2D eigenvalue weighted by Gasteiger charge is 2.40. The molecule has 114 valence electrons. The summed E-state index contributed by atoms with van der Waals surface area (Å²) in [5.74, 6) is 2.60. The van der Waals surface area contributed by atoms with Gasteiger partial charge in [0.25, 0.3) is 0 Å². The second-order valence-electron chi connectivity index (χ2n) is 6.59. The number of aromatic amines is 1. The lowest BCUT2D eigenvalue weighted by molar-refractivity contribution is -0.134. The van der Waals surface area contributed by atoms with Crippen LogP contribution in [0.15, 0.2) is 12.4 Å². The largest absolute Gasteiger partial charge is 0.348 e. The highest BCUT2D eigenvalue weighted by Crippen LogP contribution is 2.36. The van der Waals surface area contributed by atoms with E-state index in [0.29, 0.717) is 12.0 Å². The Labute approximate surface area is 124 Å². The molecule has 3 N–H and O–H groups in total. The summed E-state index contributed by atoms with van der Waals surface area (Å²) < 4.78 is 0. The number of imidazole rings is 1. The first-order chi connectivity index (χ1) is 10.3. The average molecular weight is 289 g/mol. The number of nitrogens with zero attached hydrogens (tertiary/aromatic N) is 2. The van der Waals surface area contributed by atoms with Gasteiger partial charge in [-0.2, -0.15) is 0 Å². The molecular formula is C15H23N5O. The van der Waals surface area contributed by atoms with Crippen molar-refractivity contribution in [1.29, 1.82) is 0 Å². The molecule has 2 atom stereocenters.